The minimum absolute atomic E-state index is 0.0333. The van der Waals surface area contributed by atoms with Gasteiger partial charge in [-0.15, -0.1) is 0 Å². The summed E-state index contributed by atoms with van der Waals surface area (Å²) in [5.74, 6) is 1.55. The van der Waals surface area contributed by atoms with Gasteiger partial charge in [0.15, 0.2) is 11.5 Å². The molecule has 7 nitrogen and oxygen atoms in total. The van der Waals surface area contributed by atoms with Crippen LogP contribution < -0.4 is 20.1 Å². The minimum Gasteiger partial charge on any atom is -0.493 e. The Labute approximate surface area is 176 Å². The molecule has 3 N–H and O–H groups in total. The summed E-state index contributed by atoms with van der Waals surface area (Å²) in [5, 5.41) is 17.1. The van der Waals surface area contributed by atoms with E-state index in [0.717, 1.165) is 44.9 Å². The van der Waals surface area contributed by atoms with Crippen molar-refractivity contribution in [2.45, 2.75) is 62.5 Å². The van der Waals surface area contributed by atoms with E-state index in [1.165, 1.54) is 14.2 Å². The largest absolute Gasteiger partial charge is 0.493 e. The Morgan fingerprint density at radius 3 is 2.33 bits per heavy atom. The van der Waals surface area contributed by atoms with Gasteiger partial charge in [0.2, 0.25) is 5.91 Å². The highest BCUT2D eigenvalue weighted by Gasteiger charge is 2.57. The Bertz CT molecular complexity index is 880. The second-order valence-electron chi connectivity index (χ2n) is 9.94. The van der Waals surface area contributed by atoms with Crippen molar-refractivity contribution in [2.75, 3.05) is 19.5 Å². The van der Waals surface area contributed by atoms with Gasteiger partial charge in [0.1, 0.15) is 0 Å². The molecule has 5 aliphatic carbocycles. The first-order valence-electron chi connectivity index (χ1n) is 10.9. The molecule has 162 valence electrons. The maximum absolute atomic E-state index is 13.3. The van der Waals surface area contributed by atoms with Crippen LogP contribution in [0, 0.1) is 17.8 Å². The van der Waals surface area contributed by atoms with Crippen molar-refractivity contribution < 1.29 is 24.2 Å². The van der Waals surface area contributed by atoms with Crippen molar-refractivity contribution in [1.29, 1.82) is 0 Å². The monoisotopic (exact) mass is 414 g/mol. The number of methoxy groups -OCH3 is 2. The Morgan fingerprint density at radius 1 is 1.07 bits per heavy atom. The van der Waals surface area contributed by atoms with Gasteiger partial charge in [-0.25, -0.2) is 0 Å². The number of ether oxygens (including phenoxy) is 2. The second kappa shape index (κ2) is 6.87. The number of rotatable bonds is 6. The third-order valence-corrected chi connectivity index (χ3v) is 7.36. The number of anilines is 1. The lowest BCUT2D eigenvalue weighted by molar-refractivity contribution is -0.139. The lowest BCUT2D eigenvalue weighted by Gasteiger charge is -2.60. The van der Waals surface area contributed by atoms with Gasteiger partial charge in [-0.1, -0.05) is 0 Å². The van der Waals surface area contributed by atoms with Crippen LogP contribution in [0.1, 0.15) is 61.7 Å². The van der Waals surface area contributed by atoms with Crippen LogP contribution in [0.15, 0.2) is 12.1 Å². The molecule has 0 spiro atoms. The van der Waals surface area contributed by atoms with E-state index in [0.29, 0.717) is 41.0 Å². The molecule has 6 rings (SSSR count). The average Bonchev–Trinajstić information content (AvgIpc) is 3.50. The predicted molar refractivity (Wildman–Crippen MR) is 111 cm³/mol. The summed E-state index contributed by atoms with van der Waals surface area (Å²) in [6.45, 7) is 0. The first kappa shape index (κ1) is 19.7. The van der Waals surface area contributed by atoms with Crippen molar-refractivity contribution in [3.63, 3.8) is 0 Å². The molecule has 0 aliphatic heterocycles. The molecule has 0 radical (unpaired) electrons. The standard InChI is InChI=1S/C23H30N2O5/c1-29-18-7-16(6-17(19(18)30-2)24-20(26)15-3-4-15)21(27)25-22-8-13-5-14(9-22)11-23(28,10-13)12-22/h6-7,13-15,28H,3-5,8-12H2,1-2H3,(H,24,26)(H,25,27). The smallest absolute Gasteiger partial charge is 0.251 e. The normalized spacial score (nSPS) is 33.8. The van der Waals surface area contributed by atoms with Gasteiger partial charge in [-0.3, -0.25) is 9.59 Å². The summed E-state index contributed by atoms with van der Waals surface area (Å²) in [4.78, 5) is 25.6. The van der Waals surface area contributed by atoms with E-state index in [9.17, 15) is 14.7 Å². The first-order chi connectivity index (χ1) is 14.3. The second-order valence-corrected chi connectivity index (χ2v) is 9.94. The number of amides is 2. The average molecular weight is 415 g/mol. The number of hydrogen-bond donors (Lipinski definition) is 3. The maximum Gasteiger partial charge on any atom is 0.251 e. The Hall–Kier alpha value is -2.28. The maximum atomic E-state index is 13.3. The van der Waals surface area contributed by atoms with Gasteiger partial charge < -0.3 is 25.2 Å². The molecule has 2 amide bonds. The Kier molecular flexibility index (Phi) is 4.51. The van der Waals surface area contributed by atoms with Crippen LogP contribution in [-0.2, 0) is 4.79 Å². The molecule has 1 aromatic rings. The number of carbonyl (C=O) groups excluding carboxylic acids is 2. The zero-order valence-corrected chi connectivity index (χ0v) is 17.6. The number of benzene rings is 1. The summed E-state index contributed by atoms with van der Waals surface area (Å²) in [5.41, 5.74) is -0.122. The molecule has 4 bridgehead atoms. The van der Waals surface area contributed by atoms with E-state index in [4.69, 9.17) is 9.47 Å². The highest BCUT2D eigenvalue weighted by atomic mass is 16.5. The third-order valence-electron chi connectivity index (χ3n) is 7.36. The van der Waals surface area contributed by atoms with Crippen LogP contribution in [0.3, 0.4) is 0 Å². The van der Waals surface area contributed by atoms with Crippen LogP contribution >= 0.6 is 0 Å². The molecule has 0 saturated heterocycles. The van der Waals surface area contributed by atoms with Crippen molar-refractivity contribution in [1.82, 2.24) is 5.32 Å². The fourth-order valence-electron chi connectivity index (χ4n) is 6.44. The molecule has 0 aromatic heterocycles. The summed E-state index contributed by atoms with van der Waals surface area (Å²) in [6, 6.07) is 3.31. The molecular weight excluding hydrogens is 384 g/mol. The van der Waals surface area contributed by atoms with E-state index >= 15 is 0 Å². The molecule has 30 heavy (non-hydrogen) atoms. The zero-order valence-electron chi connectivity index (χ0n) is 17.6. The topological polar surface area (TPSA) is 96.9 Å². The molecular formula is C23H30N2O5. The van der Waals surface area contributed by atoms with E-state index in [-0.39, 0.29) is 23.3 Å². The van der Waals surface area contributed by atoms with Gasteiger partial charge in [-0.2, -0.15) is 0 Å². The van der Waals surface area contributed by atoms with E-state index in [2.05, 4.69) is 10.6 Å². The van der Waals surface area contributed by atoms with Crippen molar-refractivity contribution in [2.24, 2.45) is 17.8 Å². The van der Waals surface area contributed by atoms with E-state index in [1.807, 2.05) is 0 Å². The molecule has 2 atom stereocenters. The minimum atomic E-state index is -0.641. The van der Waals surface area contributed by atoms with Crippen molar-refractivity contribution in [3.05, 3.63) is 17.7 Å². The molecule has 5 aliphatic rings. The highest BCUT2D eigenvalue weighted by molar-refractivity contribution is 6.00. The molecule has 0 heterocycles. The quantitative estimate of drug-likeness (QED) is 0.665. The molecule has 7 heteroatoms. The lowest BCUT2D eigenvalue weighted by atomic mass is 9.51. The third kappa shape index (κ3) is 3.43. The molecule has 5 saturated carbocycles. The fourth-order valence-corrected chi connectivity index (χ4v) is 6.44. The zero-order chi connectivity index (χ0) is 21.1. The van der Waals surface area contributed by atoms with Gasteiger partial charge in [0.25, 0.3) is 5.91 Å². The van der Waals surface area contributed by atoms with Crippen LogP contribution in [0.4, 0.5) is 5.69 Å². The van der Waals surface area contributed by atoms with Crippen LogP contribution in [-0.4, -0.2) is 42.3 Å². The van der Waals surface area contributed by atoms with Crippen molar-refractivity contribution >= 4 is 17.5 Å². The van der Waals surface area contributed by atoms with Crippen LogP contribution in [0.5, 0.6) is 11.5 Å². The predicted octanol–water partition coefficient (Wildman–Crippen LogP) is 2.87. The van der Waals surface area contributed by atoms with Crippen LogP contribution in [0.25, 0.3) is 0 Å². The highest BCUT2D eigenvalue weighted by Crippen LogP contribution is 2.57. The van der Waals surface area contributed by atoms with E-state index in [1.54, 1.807) is 12.1 Å². The SMILES string of the molecule is COc1cc(C(=O)NC23CC4CC(CC(O)(C4)C2)C3)cc(NC(=O)C2CC2)c1OC. The van der Waals surface area contributed by atoms with Gasteiger partial charge in [-0.05, 0) is 75.3 Å². The number of hydrogen-bond acceptors (Lipinski definition) is 5. The van der Waals surface area contributed by atoms with Gasteiger partial charge in [0.05, 0.1) is 25.5 Å². The number of carbonyl (C=O) groups is 2. The van der Waals surface area contributed by atoms with Crippen molar-refractivity contribution in [3.8, 4) is 11.5 Å². The molecule has 5 fully saturated rings. The van der Waals surface area contributed by atoms with Gasteiger partial charge in [0, 0.05) is 17.0 Å². The summed E-state index contributed by atoms with van der Waals surface area (Å²) >= 11 is 0. The number of nitrogens with one attached hydrogen (secondary N) is 2. The van der Waals surface area contributed by atoms with E-state index < -0.39 is 5.60 Å². The van der Waals surface area contributed by atoms with Gasteiger partial charge >= 0.3 is 0 Å². The van der Waals surface area contributed by atoms with Crippen LogP contribution in [0.2, 0.25) is 0 Å². The lowest BCUT2D eigenvalue weighted by Crippen LogP contribution is -2.65. The summed E-state index contributed by atoms with van der Waals surface area (Å²) in [7, 11) is 3.03. The fraction of sp³-hybridized carbons (Fsp3) is 0.652. The first-order valence-corrected chi connectivity index (χ1v) is 10.9. The number of aliphatic hydroxyl groups is 1. The Morgan fingerprint density at radius 2 is 1.77 bits per heavy atom. The molecule has 2 unspecified atom stereocenters. The Balaban J connectivity index is 1.42. The molecule has 1 aromatic carbocycles. The summed E-state index contributed by atoms with van der Waals surface area (Å²) < 4.78 is 10.9. The summed E-state index contributed by atoms with van der Waals surface area (Å²) in [6.07, 6.45) is 7.12.